The highest BCUT2D eigenvalue weighted by Gasteiger charge is 2.20. The largest absolute Gasteiger partial charge is 0.481 e. The van der Waals surface area contributed by atoms with E-state index in [2.05, 4.69) is 6.92 Å². The van der Waals surface area contributed by atoms with E-state index < -0.39 is 5.97 Å². The third-order valence-corrected chi connectivity index (χ3v) is 5.30. The summed E-state index contributed by atoms with van der Waals surface area (Å²) in [5, 5.41) is 9.09. The lowest BCUT2D eigenvalue weighted by molar-refractivity contribution is -0.143. The topological polar surface area (TPSA) is 57.6 Å². The molecular formula is C22H43NO3. The van der Waals surface area contributed by atoms with E-state index in [-0.39, 0.29) is 11.8 Å². The number of hydrogen-bond acceptors (Lipinski definition) is 2. The smallest absolute Gasteiger partial charge is 0.306 e. The first kappa shape index (κ1) is 24.9. The lowest BCUT2D eigenvalue weighted by Gasteiger charge is -2.15. The molecule has 4 nitrogen and oxygen atoms in total. The Balaban J connectivity index is 0.000000735. The van der Waals surface area contributed by atoms with Gasteiger partial charge in [0.1, 0.15) is 0 Å². The predicted molar refractivity (Wildman–Crippen MR) is 109 cm³/mol. The van der Waals surface area contributed by atoms with Gasteiger partial charge in [0.15, 0.2) is 0 Å². The van der Waals surface area contributed by atoms with Crippen LogP contribution in [0.1, 0.15) is 104 Å². The average Bonchev–Trinajstić information content (AvgIpc) is 2.96. The van der Waals surface area contributed by atoms with E-state index in [1.54, 1.807) is 4.90 Å². The van der Waals surface area contributed by atoms with Gasteiger partial charge in [0.2, 0.25) is 5.91 Å². The normalized spacial score (nSPS) is 15.1. The van der Waals surface area contributed by atoms with Crippen molar-refractivity contribution in [2.75, 3.05) is 13.6 Å². The molecule has 1 unspecified atom stereocenters. The third kappa shape index (κ3) is 13.2. The number of amides is 1. The van der Waals surface area contributed by atoms with Crippen LogP contribution in [0.25, 0.3) is 0 Å². The maximum absolute atomic E-state index is 11.0. The third-order valence-electron chi connectivity index (χ3n) is 5.30. The fourth-order valence-corrected chi connectivity index (χ4v) is 3.38. The molecule has 0 aromatic rings. The molecule has 1 aliphatic rings. The number of carbonyl (C=O) groups excluding carboxylic acids is 1. The molecule has 1 rings (SSSR count). The zero-order chi connectivity index (χ0) is 19.8. The lowest BCUT2D eigenvalue weighted by Crippen LogP contribution is -2.19. The van der Waals surface area contributed by atoms with Gasteiger partial charge in [-0.15, -0.1) is 0 Å². The van der Waals surface area contributed by atoms with E-state index in [4.69, 9.17) is 5.11 Å². The van der Waals surface area contributed by atoms with Gasteiger partial charge in [-0.25, -0.2) is 0 Å². The first-order chi connectivity index (χ1) is 12.4. The molecule has 0 bridgehead atoms. The minimum atomic E-state index is -0.620. The van der Waals surface area contributed by atoms with Gasteiger partial charge in [-0.3, -0.25) is 9.59 Å². The number of aliphatic carboxylic acids is 1. The van der Waals surface area contributed by atoms with Gasteiger partial charge in [-0.05, 0) is 18.8 Å². The fraction of sp³-hybridized carbons (Fsp3) is 0.909. The summed E-state index contributed by atoms with van der Waals surface area (Å²) in [4.78, 5) is 23.3. The Morgan fingerprint density at radius 3 is 1.81 bits per heavy atom. The van der Waals surface area contributed by atoms with Crippen molar-refractivity contribution in [2.24, 2.45) is 11.8 Å². The zero-order valence-electron chi connectivity index (χ0n) is 17.8. The van der Waals surface area contributed by atoms with Gasteiger partial charge in [-0.2, -0.15) is 0 Å². The number of unbranched alkanes of at least 4 members (excludes halogenated alkanes) is 9. The maximum Gasteiger partial charge on any atom is 0.306 e. The Labute approximate surface area is 161 Å². The second kappa shape index (κ2) is 16.1. The number of hydrogen-bond donors (Lipinski definition) is 1. The summed E-state index contributed by atoms with van der Waals surface area (Å²) in [5.74, 6) is -0.212. The van der Waals surface area contributed by atoms with Crippen molar-refractivity contribution in [3.8, 4) is 0 Å². The van der Waals surface area contributed by atoms with Crippen molar-refractivity contribution >= 4 is 11.9 Å². The van der Waals surface area contributed by atoms with E-state index in [1.807, 2.05) is 20.9 Å². The first-order valence-electron chi connectivity index (χ1n) is 10.9. The molecule has 1 atom stereocenters. The Kier molecular flexibility index (Phi) is 15.5. The molecule has 0 saturated carbocycles. The monoisotopic (exact) mass is 369 g/mol. The van der Waals surface area contributed by atoms with Crippen LogP contribution in [0.5, 0.6) is 0 Å². The Morgan fingerprint density at radius 1 is 1.00 bits per heavy atom. The Hall–Kier alpha value is -1.06. The highest BCUT2D eigenvalue weighted by Crippen LogP contribution is 2.20. The van der Waals surface area contributed by atoms with E-state index in [1.165, 1.54) is 57.8 Å². The van der Waals surface area contributed by atoms with Crippen LogP contribution in [0.2, 0.25) is 0 Å². The quantitative estimate of drug-likeness (QED) is 0.412. The molecule has 1 fully saturated rings. The summed E-state index contributed by atoms with van der Waals surface area (Å²) < 4.78 is 0. The molecule has 0 aliphatic carbocycles. The van der Waals surface area contributed by atoms with Crippen molar-refractivity contribution in [2.45, 2.75) is 104 Å². The van der Waals surface area contributed by atoms with Crippen LogP contribution < -0.4 is 0 Å². The number of nitrogens with zero attached hydrogens (tertiary/aromatic N) is 1. The van der Waals surface area contributed by atoms with Gasteiger partial charge in [-0.1, -0.05) is 85.0 Å². The fourth-order valence-electron chi connectivity index (χ4n) is 3.38. The molecule has 1 N–H and O–H groups in total. The van der Waals surface area contributed by atoms with Crippen LogP contribution >= 0.6 is 0 Å². The zero-order valence-corrected chi connectivity index (χ0v) is 17.8. The second-order valence-corrected chi connectivity index (χ2v) is 8.08. The molecule has 0 spiro atoms. The minimum absolute atomic E-state index is 0.144. The molecule has 0 radical (unpaired) electrons. The number of carbonyl (C=O) groups is 2. The van der Waals surface area contributed by atoms with Crippen LogP contribution in [-0.2, 0) is 9.59 Å². The summed E-state index contributed by atoms with van der Waals surface area (Å²) in [6.07, 6.45) is 15.8. The van der Waals surface area contributed by atoms with Crippen molar-refractivity contribution in [1.29, 1.82) is 0 Å². The Morgan fingerprint density at radius 2 is 1.50 bits per heavy atom. The van der Waals surface area contributed by atoms with Crippen molar-refractivity contribution in [1.82, 2.24) is 4.90 Å². The van der Waals surface area contributed by atoms with Crippen LogP contribution in [0.15, 0.2) is 0 Å². The van der Waals surface area contributed by atoms with Gasteiger partial charge in [0.05, 0.1) is 5.92 Å². The summed E-state index contributed by atoms with van der Waals surface area (Å²) in [6, 6.07) is 0. The van der Waals surface area contributed by atoms with Crippen molar-refractivity contribution < 1.29 is 14.7 Å². The molecule has 0 aromatic heterocycles. The minimum Gasteiger partial charge on any atom is -0.481 e. The molecule has 1 heterocycles. The number of likely N-dealkylation sites (tertiary alicyclic amines) is 1. The van der Waals surface area contributed by atoms with Gasteiger partial charge in [0, 0.05) is 20.0 Å². The molecule has 154 valence electrons. The van der Waals surface area contributed by atoms with Gasteiger partial charge < -0.3 is 10.0 Å². The first-order valence-corrected chi connectivity index (χ1v) is 10.9. The standard InChI is InChI=1S/C17H34O2.C5H9NO/c1-4-5-6-7-8-9-10-11-12-13-14-16(15(2)3)17(18)19;1-6-4-2-3-5(6)7/h15-16H,4-14H2,1-3H3,(H,18,19);2-4H2,1H3. The molecule has 1 aliphatic heterocycles. The Bertz CT molecular complexity index is 368. The molecular weight excluding hydrogens is 326 g/mol. The summed E-state index contributed by atoms with van der Waals surface area (Å²) in [5.41, 5.74) is 0. The molecule has 1 amide bonds. The molecule has 0 aromatic carbocycles. The van der Waals surface area contributed by atoms with E-state index in [9.17, 15) is 9.59 Å². The summed E-state index contributed by atoms with van der Waals surface area (Å²) >= 11 is 0. The highest BCUT2D eigenvalue weighted by molar-refractivity contribution is 5.77. The average molecular weight is 370 g/mol. The predicted octanol–water partition coefficient (Wildman–Crippen LogP) is 5.89. The lowest BCUT2D eigenvalue weighted by atomic mass is 9.90. The van der Waals surface area contributed by atoms with Crippen LogP contribution in [0.4, 0.5) is 0 Å². The maximum atomic E-state index is 11.0. The van der Waals surface area contributed by atoms with Gasteiger partial charge in [0.25, 0.3) is 0 Å². The number of rotatable bonds is 13. The van der Waals surface area contributed by atoms with Crippen LogP contribution in [0, 0.1) is 11.8 Å². The SMILES string of the molecule is CCCCCCCCCCCCC(C(=O)O)C(C)C.CN1CCCC1=O. The van der Waals surface area contributed by atoms with Crippen LogP contribution in [-0.4, -0.2) is 35.5 Å². The van der Waals surface area contributed by atoms with E-state index in [0.717, 1.165) is 32.2 Å². The summed E-state index contributed by atoms with van der Waals surface area (Å²) in [6.45, 7) is 7.23. The van der Waals surface area contributed by atoms with E-state index >= 15 is 0 Å². The number of carboxylic acids is 1. The number of carboxylic acid groups (broad SMARTS) is 1. The summed E-state index contributed by atoms with van der Waals surface area (Å²) in [7, 11) is 1.84. The van der Waals surface area contributed by atoms with Crippen LogP contribution in [0.3, 0.4) is 0 Å². The molecule has 4 heteroatoms. The van der Waals surface area contributed by atoms with Crippen molar-refractivity contribution in [3.05, 3.63) is 0 Å². The van der Waals surface area contributed by atoms with Gasteiger partial charge >= 0.3 is 5.97 Å². The van der Waals surface area contributed by atoms with Crippen molar-refractivity contribution in [3.63, 3.8) is 0 Å². The van der Waals surface area contributed by atoms with E-state index in [0.29, 0.717) is 5.91 Å². The molecule has 1 saturated heterocycles. The second-order valence-electron chi connectivity index (χ2n) is 8.08. The molecule has 26 heavy (non-hydrogen) atoms. The highest BCUT2D eigenvalue weighted by atomic mass is 16.4.